The number of carbonyl (C=O) groups is 1. The van der Waals surface area contributed by atoms with Crippen molar-refractivity contribution in [2.75, 3.05) is 10.0 Å². The van der Waals surface area contributed by atoms with E-state index in [-0.39, 0.29) is 10.8 Å². The van der Waals surface area contributed by atoms with Crippen molar-refractivity contribution in [1.82, 2.24) is 0 Å². The molecule has 3 aromatic carbocycles. The van der Waals surface area contributed by atoms with Gasteiger partial charge in [-0.3, -0.25) is 9.52 Å². The molecule has 144 valence electrons. The van der Waals surface area contributed by atoms with Crippen molar-refractivity contribution < 1.29 is 13.2 Å². The van der Waals surface area contributed by atoms with E-state index in [0.717, 1.165) is 4.47 Å². The summed E-state index contributed by atoms with van der Waals surface area (Å²) in [6.07, 6.45) is 0. The Bertz CT molecular complexity index is 1130. The predicted octanol–water partition coefficient (Wildman–Crippen LogP) is 5.46. The topological polar surface area (TPSA) is 75.3 Å². The predicted molar refractivity (Wildman–Crippen MR) is 116 cm³/mol. The Morgan fingerprint density at radius 2 is 1.71 bits per heavy atom. The average molecular weight is 480 g/mol. The standard InChI is InChI=1S/C20H16BrClN2O3S/c1-13-11-18(28(26,27)24-17-4-2-3-15(21)12-17)9-10-19(13)23-20(25)14-5-7-16(22)8-6-14/h2-12,24H,1H3,(H,23,25). The van der Waals surface area contributed by atoms with Gasteiger partial charge in [-0.1, -0.05) is 33.6 Å². The number of hydrogen-bond acceptors (Lipinski definition) is 3. The summed E-state index contributed by atoms with van der Waals surface area (Å²) >= 11 is 9.14. The number of halogens is 2. The van der Waals surface area contributed by atoms with Crippen LogP contribution in [0.1, 0.15) is 15.9 Å². The van der Waals surface area contributed by atoms with Crippen LogP contribution < -0.4 is 10.0 Å². The number of amides is 1. The monoisotopic (exact) mass is 478 g/mol. The molecule has 1 amide bonds. The van der Waals surface area contributed by atoms with Crippen LogP contribution in [-0.4, -0.2) is 14.3 Å². The number of carbonyl (C=O) groups excluding carboxylic acids is 1. The third kappa shape index (κ3) is 4.92. The Balaban J connectivity index is 1.79. The Labute approximate surface area is 176 Å². The SMILES string of the molecule is Cc1cc(S(=O)(=O)Nc2cccc(Br)c2)ccc1NC(=O)c1ccc(Cl)cc1. The Kier molecular flexibility index (Phi) is 6.07. The second-order valence-corrected chi connectivity index (χ2v) is 9.09. The molecule has 0 bridgehead atoms. The maximum atomic E-state index is 12.6. The van der Waals surface area contributed by atoms with Crippen LogP contribution in [0.3, 0.4) is 0 Å². The molecule has 0 aliphatic rings. The largest absolute Gasteiger partial charge is 0.322 e. The fraction of sp³-hybridized carbons (Fsp3) is 0.0500. The number of nitrogens with one attached hydrogen (secondary N) is 2. The van der Waals surface area contributed by atoms with Gasteiger partial charge >= 0.3 is 0 Å². The van der Waals surface area contributed by atoms with Gasteiger partial charge in [0.15, 0.2) is 0 Å². The van der Waals surface area contributed by atoms with E-state index < -0.39 is 10.0 Å². The summed E-state index contributed by atoms with van der Waals surface area (Å²) in [6, 6.07) is 17.9. The van der Waals surface area contributed by atoms with Crippen molar-refractivity contribution in [3.8, 4) is 0 Å². The summed E-state index contributed by atoms with van der Waals surface area (Å²) in [7, 11) is -3.75. The molecule has 0 fully saturated rings. The molecule has 0 atom stereocenters. The van der Waals surface area contributed by atoms with Crippen molar-refractivity contribution in [3.63, 3.8) is 0 Å². The highest BCUT2D eigenvalue weighted by Gasteiger charge is 2.16. The molecule has 2 N–H and O–H groups in total. The van der Waals surface area contributed by atoms with Crippen molar-refractivity contribution in [1.29, 1.82) is 0 Å². The lowest BCUT2D eigenvalue weighted by Gasteiger charge is -2.12. The van der Waals surface area contributed by atoms with Crippen LogP contribution >= 0.6 is 27.5 Å². The summed E-state index contributed by atoms with van der Waals surface area (Å²) < 4.78 is 28.6. The van der Waals surface area contributed by atoms with Crippen LogP contribution in [0.25, 0.3) is 0 Å². The minimum absolute atomic E-state index is 0.106. The molecule has 0 aliphatic carbocycles. The first-order valence-corrected chi connectivity index (χ1v) is 10.9. The number of sulfonamides is 1. The smallest absolute Gasteiger partial charge is 0.261 e. The van der Waals surface area contributed by atoms with Gasteiger partial charge in [-0.25, -0.2) is 8.42 Å². The Hall–Kier alpha value is -2.35. The maximum absolute atomic E-state index is 12.6. The van der Waals surface area contributed by atoms with Crippen molar-refractivity contribution in [2.24, 2.45) is 0 Å². The molecular formula is C20H16BrClN2O3S. The molecule has 8 heteroatoms. The second kappa shape index (κ2) is 8.34. The molecule has 0 aromatic heterocycles. The summed E-state index contributed by atoms with van der Waals surface area (Å²) in [6.45, 7) is 1.73. The van der Waals surface area contributed by atoms with Crippen LogP contribution in [0.15, 0.2) is 76.1 Å². The van der Waals surface area contributed by atoms with E-state index in [9.17, 15) is 13.2 Å². The quantitative estimate of drug-likeness (QED) is 0.510. The van der Waals surface area contributed by atoms with E-state index in [1.807, 2.05) is 0 Å². The fourth-order valence-electron chi connectivity index (χ4n) is 2.51. The molecule has 0 aliphatic heterocycles. The van der Waals surface area contributed by atoms with E-state index >= 15 is 0 Å². The number of hydrogen-bond donors (Lipinski definition) is 2. The summed E-state index contributed by atoms with van der Waals surface area (Å²) in [4.78, 5) is 12.4. The molecule has 0 unspecified atom stereocenters. The summed E-state index contributed by atoms with van der Waals surface area (Å²) in [5.41, 5.74) is 2.06. The van der Waals surface area contributed by atoms with Gasteiger partial charge in [0.05, 0.1) is 4.90 Å². The molecule has 3 aromatic rings. The maximum Gasteiger partial charge on any atom is 0.261 e. The van der Waals surface area contributed by atoms with Gasteiger partial charge < -0.3 is 5.32 Å². The van der Waals surface area contributed by atoms with Gasteiger partial charge in [0.1, 0.15) is 0 Å². The number of benzene rings is 3. The molecule has 0 radical (unpaired) electrons. The molecular weight excluding hydrogens is 464 g/mol. The zero-order chi connectivity index (χ0) is 20.3. The first kappa shape index (κ1) is 20.4. The minimum Gasteiger partial charge on any atom is -0.322 e. The number of aryl methyl sites for hydroxylation is 1. The zero-order valence-electron chi connectivity index (χ0n) is 14.7. The van der Waals surface area contributed by atoms with Gasteiger partial charge in [0.2, 0.25) is 0 Å². The van der Waals surface area contributed by atoms with Gasteiger partial charge in [-0.15, -0.1) is 0 Å². The van der Waals surface area contributed by atoms with Crippen molar-refractivity contribution in [3.05, 3.63) is 87.4 Å². The van der Waals surface area contributed by atoms with Crippen LogP contribution in [0, 0.1) is 6.92 Å². The lowest BCUT2D eigenvalue weighted by atomic mass is 10.1. The highest BCUT2D eigenvalue weighted by Crippen LogP contribution is 2.24. The van der Waals surface area contributed by atoms with Gasteiger partial charge in [-0.2, -0.15) is 0 Å². The molecule has 0 saturated heterocycles. The fourth-order valence-corrected chi connectivity index (χ4v) is 4.16. The third-order valence-corrected chi connectivity index (χ3v) is 6.06. The van der Waals surface area contributed by atoms with Crippen LogP contribution in [-0.2, 0) is 10.0 Å². The Morgan fingerprint density at radius 3 is 2.36 bits per heavy atom. The summed E-state index contributed by atoms with van der Waals surface area (Å²) in [5.74, 6) is -0.303. The van der Waals surface area contributed by atoms with E-state index in [2.05, 4.69) is 26.0 Å². The van der Waals surface area contributed by atoms with E-state index in [1.165, 1.54) is 12.1 Å². The van der Waals surface area contributed by atoms with Crippen molar-refractivity contribution >= 4 is 54.8 Å². The first-order chi connectivity index (χ1) is 13.2. The van der Waals surface area contributed by atoms with Crippen LogP contribution in [0.4, 0.5) is 11.4 Å². The van der Waals surface area contributed by atoms with E-state index in [4.69, 9.17) is 11.6 Å². The first-order valence-electron chi connectivity index (χ1n) is 8.20. The van der Waals surface area contributed by atoms with Gasteiger partial charge in [0.25, 0.3) is 15.9 Å². The highest BCUT2D eigenvalue weighted by molar-refractivity contribution is 9.10. The third-order valence-electron chi connectivity index (χ3n) is 3.94. The number of anilines is 2. The molecule has 0 heterocycles. The van der Waals surface area contributed by atoms with Crippen LogP contribution in [0.5, 0.6) is 0 Å². The lowest BCUT2D eigenvalue weighted by Crippen LogP contribution is -2.15. The van der Waals surface area contributed by atoms with Crippen LogP contribution in [0.2, 0.25) is 5.02 Å². The molecule has 5 nitrogen and oxygen atoms in total. The molecule has 0 saturated carbocycles. The molecule has 28 heavy (non-hydrogen) atoms. The Morgan fingerprint density at radius 1 is 1.00 bits per heavy atom. The molecule has 0 spiro atoms. The zero-order valence-corrected chi connectivity index (χ0v) is 17.9. The average Bonchev–Trinajstić information content (AvgIpc) is 2.63. The number of rotatable bonds is 5. The normalized spacial score (nSPS) is 11.1. The van der Waals surface area contributed by atoms with Gasteiger partial charge in [-0.05, 0) is 73.2 Å². The van der Waals surface area contributed by atoms with E-state index in [0.29, 0.717) is 27.5 Å². The lowest BCUT2D eigenvalue weighted by molar-refractivity contribution is 0.102. The second-order valence-electron chi connectivity index (χ2n) is 6.05. The van der Waals surface area contributed by atoms with E-state index in [1.54, 1.807) is 61.5 Å². The summed E-state index contributed by atoms with van der Waals surface area (Å²) in [5, 5.41) is 3.32. The highest BCUT2D eigenvalue weighted by atomic mass is 79.9. The van der Waals surface area contributed by atoms with Gasteiger partial charge in [0, 0.05) is 26.4 Å². The molecule has 3 rings (SSSR count). The minimum atomic E-state index is -3.75. The van der Waals surface area contributed by atoms with Crippen molar-refractivity contribution in [2.45, 2.75) is 11.8 Å².